The molecule has 1 rings (SSSR count). The first-order valence-electron chi connectivity index (χ1n) is 5.12. The molecule has 0 aliphatic heterocycles. The van der Waals surface area contributed by atoms with Gasteiger partial charge < -0.3 is 11.1 Å². The first kappa shape index (κ1) is 10.5. The van der Waals surface area contributed by atoms with Crippen LogP contribution in [0.25, 0.3) is 0 Å². The third kappa shape index (κ3) is 4.27. The average Bonchev–Trinajstić information content (AvgIpc) is 2.83. The molecule has 3 nitrogen and oxygen atoms in total. The summed E-state index contributed by atoms with van der Waals surface area (Å²) in [5.41, 5.74) is 5.16. The van der Waals surface area contributed by atoms with Gasteiger partial charge in [-0.05, 0) is 19.3 Å². The van der Waals surface area contributed by atoms with Gasteiger partial charge in [0.15, 0.2) is 0 Å². The number of primary amides is 1. The third-order valence-corrected chi connectivity index (χ3v) is 2.64. The molecule has 0 spiro atoms. The number of carbonyl (C=O) groups is 1. The maximum absolute atomic E-state index is 10.7. The topological polar surface area (TPSA) is 55.1 Å². The van der Waals surface area contributed by atoms with Crippen LogP contribution in [0.4, 0.5) is 0 Å². The Labute approximate surface area is 80.1 Å². The Kier molecular flexibility index (Phi) is 3.72. The summed E-state index contributed by atoms with van der Waals surface area (Å²) in [6.45, 7) is 4.74. The molecule has 1 fully saturated rings. The van der Waals surface area contributed by atoms with E-state index in [1.807, 2.05) is 6.92 Å². The van der Waals surface area contributed by atoms with Gasteiger partial charge in [-0.25, -0.2) is 0 Å². The summed E-state index contributed by atoms with van der Waals surface area (Å²) < 4.78 is 0. The van der Waals surface area contributed by atoms with Crippen LogP contribution in [0.3, 0.4) is 0 Å². The van der Waals surface area contributed by atoms with Crippen molar-refractivity contribution in [3.63, 3.8) is 0 Å². The molecule has 0 bridgehead atoms. The molecule has 3 N–H and O–H groups in total. The molecule has 0 radical (unpaired) electrons. The molecule has 0 aromatic heterocycles. The monoisotopic (exact) mass is 184 g/mol. The highest BCUT2D eigenvalue weighted by atomic mass is 16.1. The standard InChI is InChI=1S/C10H20N2O/c1-7(10(11)13)6-12-8(2)5-9-3-4-9/h7-9,12H,3-6H2,1-2H3,(H2,11,13). The smallest absolute Gasteiger partial charge is 0.221 e. The molecule has 1 aliphatic carbocycles. The quantitative estimate of drug-likeness (QED) is 0.644. The van der Waals surface area contributed by atoms with Crippen LogP contribution in [0.15, 0.2) is 0 Å². The Balaban J connectivity index is 2.05. The van der Waals surface area contributed by atoms with Crippen LogP contribution in [0.2, 0.25) is 0 Å². The maximum atomic E-state index is 10.7. The molecule has 2 atom stereocenters. The van der Waals surface area contributed by atoms with Crippen LogP contribution >= 0.6 is 0 Å². The molecule has 1 aliphatic rings. The van der Waals surface area contributed by atoms with E-state index < -0.39 is 0 Å². The molecule has 0 saturated heterocycles. The SMILES string of the molecule is CC(CC1CC1)NCC(C)C(N)=O. The van der Waals surface area contributed by atoms with E-state index in [9.17, 15) is 4.79 Å². The van der Waals surface area contributed by atoms with Crippen LogP contribution in [0.1, 0.15) is 33.1 Å². The van der Waals surface area contributed by atoms with Gasteiger partial charge in [0.1, 0.15) is 0 Å². The fourth-order valence-electron chi connectivity index (χ4n) is 1.42. The molecule has 76 valence electrons. The summed E-state index contributed by atoms with van der Waals surface area (Å²) in [5, 5.41) is 3.33. The minimum Gasteiger partial charge on any atom is -0.369 e. The second-order valence-corrected chi connectivity index (χ2v) is 4.29. The van der Waals surface area contributed by atoms with Gasteiger partial charge in [0.2, 0.25) is 5.91 Å². The molecule has 1 saturated carbocycles. The van der Waals surface area contributed by atoms with Gasteiger partial charge in [0.05, 0.1) is 0 Å². The van der Waals surface area contributed by atoms with Crippen molar-refractivity contribution in [2.45, 2.75) is 39.2 Å². The molecule has 0 aromatic carbocycles. The molecule has 13 heavy (non-hydrogen) atoms. The molecule has 0 heterocycles. The van der Waals surface area contributed by atoms with E-state index in [0.717, 1.165) is 5.92 Å². The van der Waals surface area contributed by atoms with Crippen molar-refractivity contribution >= 4 is 5.91 Å². The van der Waals surface area contributed by atoms with E-state index in [1.54, 1.807) is 0 Å². The van der Waals surface area contributed by atoms with Gasteiger partial charge in [-0.15, -0.1) is 0 Å². The minimum atomic E-state index is -0.217. The van der Waals surface area contributed by atoms with Crippen LogP contribution in [0, 0.1) is 11.8 Å². The Morgan fingerprint density at radius 2 is 2.15 bits per heavy atom. The lowest BCUT2D eigenvalue weighted by molar-refractivity contribution is -0.121. The number of carbonyl (C=O) groups excluding carboxylic acids is 1. The highest BCUT2D eigenvalue weighted by molar-refractivity contribution is 5.76. The largest absolute Gasteiger partial charge is 0.369 e. The molecular weight excluding hydrogens is 164 g/mol. The summed E-state index contributed by atoms with van der Waals surface area (Å²) in [5.74, 6) is 0.666. The second kappa shape index (κ2) is 4.61. The van der Waals surface area contributed by atoms with Gasteiger partial charge >= 0.3 is 0 Å². The Bertz CT molecular complexity index is 178. The average molecular weight is 184 g/mol. The van der Waals surface area contributed by atoms with Crippen LogP contribution in [-0.4, -0.2) is 18.5 Å². The van der Waals surface area contributed by atoms with Crippen LogP contribution < -0.4 is 11.1 Å². The summed E-state index contributed by atoms with van der Waals surface area (Å²) in [6.07, 6.45) is 4.01. The zero-order valence-corrected chi connectivity index (χ0v) is 8.55. The predicted octanol–water partition coefficient (Wildman–Crippen LogP) is 0.886. The van der Waals surface area contributed by atoms with Crippen molar-refractivity contribution in [1.29, 1.82) is 0 Å². The van der Waals surface area contributed by atoms with E-state index >= 15 is 0 Å². The van der Waals surface area contributed by atoms with Gasteiger partial charge in [-0.1, -0.05) is 19.8 Å². The fraction of sp³-hybridized carbons (Fsp3) is 0.900. The van der Waals surface area contributed by atoms with E-state index in [-0.39, 0.29) is 11.8 Å². The third-order valence-electron chi connectivity index (χ3n) is 2.64. The second-order valence-electron chi connectivity index (χ2n) is 4.29. The highest BCUT2D eigenvalue weighted by Gasteiger charge is 2.23. The van der Waals surface area contributed by atoms with Crippen molar-refractivity contribution in [2.24, 2.45) is 17.6 Å². The number of hydrogen-bond acceptors (Lipinski definition) is 2. The Morgan fingerprint density at radius 3 is 2.62 bits per heavy atom. The highest BCUT2D eigenvalue weighted by Crippen LogP contribution is 2.33. The fourth-order valence-corrected chi connectivity index (χ4v) is 1.42. The normalized spacial score (nSPS) is 21.1. The number of rotatable bonds is 6. The van der Waals surface area contributed by atoms with Crippen molar-refractivity contribution in [3.05, 3.63) is 0 Å². The van der Waals surface area contributed by atoms with E-state index in [4.69, 9.17) is 5.73 Å². The number of hydrogen-bond donors (Lipinski definition) is 2. The van der Waals surface area contributed by atoms with E-state index in [0.29, 0.717) is 12.6 Å². The predicted molar refractivity (Wildman–Crippen MR) is 53.2 cm³/mol. The lowest BCUT2D eigenvalue weighted by Crippen LogP contribution is -2.35. The summed E-state index contributed by atoms with van der Waals surface area (Å²) in [7, 11) is 0. The van der Waals surface area contributed by atoms with E-state index in [2.05, 4.69) is 12.2 Å². The summed E-state index contributed by atoms with van der Waals surface area (Å²) in [6, 6.07) is 0.522. The van der Waals surface area contributed by atoms with Crippen LogP contribution in [0.5, 0.6) is 0 Å². The number of nitrogens with one attached hydrogen (secondary N) is 1. The first-order chi connectivity index (χ1) is 6.09. The Morgan fingerprint density at radius 1 is 1.54 bits per heavy atom. The lowest BCUT2D eigenvalue weighted by Gasteiger charge is -2.15. The number of nitrogens with two attached hydrogens (primary N) is 1. The zero-order chi connectivity index (χ0) is 9.84. The Hall–Kier alpha value is -0.570. The molecule has 2 unspecified atom stereocenters. The maximum Gasteiger partial charge on any atom is 0.221 e. The van der Waals surface area contributed by atoms with Gasteiger partial charge in [-0.2, -0.15) is 0 Å². The first-order valence-corrected chi connectivity index (χ1v) is 5.12. The van der Waals surface area contributed by atoms with Crippen molar-refractivity contribution in [1.82, 2.24) is 5.32 Å². The van der Waals surface area contributed by atoms with Gasteiger partial charge in [0.25, 0.3) is 0 Å². The van der Waals surface area contributed by atoms with Gasteiger partial charge in [0, 0.05) is 18.5 Å². The van der Waals surface area contributed by atoms with Gasteiger partial charge in [-0.3, -0.25) is 4.79 Å². The minimum absolute atomic E-state index is 0.0540. The van der Waals surface area contributed by atoms with Crippen molar-refractivity contribution in [2.75, 3.05) is 6.54 Å². The number of amides is 1. The molecule has 1 amide bonds. The van der Waals surface area contributed by atoms with Crippen molar-refractivity contribution in [3.8, 4) is 0 Å². The lowest BCUT2D eigenvalue weighted by atomic mass is 10.1. The summed E-state index contributed by atoms with van der Waals surface area (Å²) >= 11 is 0. The van der Waals surface area contributed by atoms with Crippen molar-refractivity contribution < 1.29 is 4.79 Å². The molecule has 0 aromatic rings. The molecular formula is C10H20N2O. The van der Waals surface area contributed by atoms with Crippen LogP contribution in [-0.2, 0) is 4.79 Å². The molecule has 3 heteroatoms. The summed E-state index contributed by atoms with van der Waals surface area (Å²) in [4.78, 5) is 10.7. The zero-order valence-electron chi connectivity index (χ0n) is 8.55. The van der Waals surface area contributed by atoms with E-state index in [1.165, 1.54) is 19.3 Å².